The van der Waals surface area contributed by atoms with Gasteiger partial charge in [-0.15, -0.1) is 22.7 Å². The maximum atomic E-state index is 13.4. The third-order valence-electron chi connectivity index (χ3n) is 8.54. The fraction of sp³-hybridized carbons (Fsp3) is 0.294. The Hall–Kier alpha value is -4.44. The van der Waals surface area contributed by atoms with Crippen molar-refractivity contribution in [3.8, 4) is 15.8 Å². The van der Waals surface area contributed by atoms with E-state index in [1.165, 1.54) is 40.0 Å². The molecule has 0 fully saturated rings. The van der Waals surface area contributed by atoms with Crippen LogP contribution in [0.25, 0.3) is 43.3 Å². The van der Waals surface area contributed by atoms with Crippen LogP contribution >= 0.6 is 22.7 Å². The summed E-state index contributed by atoms with van der Waals surface area (Å²) >= 11 is 2.77. The van der Waals surface area contributed by atoms with E-state index in [2.05, 4.69) is 49.6 Å². The van der Waals surface area contributed by atoms with E-state index in [0.29, 0.717) is 26.5 Å². The molecule has 5 heterocycles. The van der Waals surface area contributed by atoms with E-state index in [1.54, 1.807) is 12.1 Å². The smallest absolute Gasteiger partial charge is 0.343 e. The number of fused-ring (bicyclic) bond motifs is 2. The van der Waals surface area contributed by atoms with Gasteiger partial charge < -0.3 is 14.4 Å². The molecule has 0 amide bonds. The summed E-state index contributed by atoms with van der Waals surface area (Å²) in [5.74, 6) is -1.26. The lowest BCUT2D eigenvalue weighted by Crippen LogP contribution is -2.44. The molecule has 1 N–H and O–H groups in total. The van der Waals surface area contributed by atoms with E-state index in [4.69, 9.17) is 16.1 Å². The second-order valence-electron chi connectivity index (χ2n) is 12.3. The zero-order chi connectivity index (χ0) is 30.7. The summed E-state index contributed by atoms with van der Waals surface area (Å²) in [5.41, 5.74) is 3.94. The molecule has 0 atom stereocenters. The van der Waals surface area contributed by atoms with Crippen molar-refractivity contribution in [2.75, 3.05) is 18.0 Å². The largest absolute Gasteiger partial charge is 0.486 e. The van der Waals surface area contributed by atoms with Crippen molar-refractivity contribution >= 4 is 63.0 Å². The maximum absolute atomic E-state index is 13.4. The van der Waals surface area contributed by atoms with Gasteiger partial charge in [-0.2, -0.15) is 5.26 Å². The number of carbonyl (C=O) groups is 1. The Kier molecular flexibility index (Phi) is 6.92. The monoisotopic (exact) mass is 607 g/mol. The van der Waals surface area contributed by atoms with Crippen LogP contribution in [0, 0.1) is 17.9 Å². The van der Waals surface area contributed by atoms with Crippen molar-refractivity contribution < 1.29 is 14.3 Å². The van der Waals surface area contributed by atoms with Crippen LogP contribution in [0.15, 0.2) is 51.3 Å². The molecule has 1 aromatic carbocycles. The van der Waals surface area contributed by atoms with Gasteiger partial charge in [0, 0.05) is 49.2 Å². The van der Waals surface area contributed by atoms with Crippen LogP contribution in [0.3, 0.4) is 0 Å². The minimum atomic E-state index is -1.26. The van der Waals surface area contributed by atoms with Gasteiger partial charge in [-0.1, -0.05) is 27.7 Å². The molecule has 2 aliphatic heterocycles. The van der Waals surface area contributed by atoms with Gasteiger partial charge in [0.1, 0.15) is 11.7 Å². The van der Waals surface area contributed by atoms with E-state index in [1.807, 2.05) is 24.3 Å². The summed E-state index contributed by atoms with van der Waals surface area (Å²) in [6.45, 7) is 18.0. The van der Waals surface area contributed by atoms with E-state index < -0.39 is 11.6 Å². The van der Waals surface area contributed by atoms with E-state index in [9.17, 15) is 14.9 Å². The van der Waals surface area contributed by atoms with Gasteiger partial charge in [0.25, 0.3) is 5.70 Å². The molecular weight excluding hydrogens is 579 g/mol. The summed E-state index contributed by atoms with van der Waals surface area (Å²) in [4.78, 5) is 33.2. The van der Waals surface area contributed by atoms with Gasteiger partial charge in [0.2, 0.25) is 0 Å². The zero-order valence-corrected chi connectivity index (χ0v) is 25.9. The molecule has 0 saturated carbocycles. The highest BCUT2D eigenvalue weighted by Crippen LogP contribution is 2.51. The number of nitrogens with zero attached hydrogens (tertiary/aromatic N) is 3. The summed E-state index contributed by atoms with van der Waals surface area (Å²) in [7, 11) is 0. The van der Waals surface area contributed by atoms with Crippen LogP contribution in [0.5, 0.6) is 0 Å². The lowest BCUT2D eigenvalue weighted by molar-refractivity contribution is -0.132. The first-order valence-corrected chi connectivity index (χ1v) is 15.6. The summed E-state index contributed by atoms with van der Waals surface area (Å²) < 4.78 is 6.08. The highest BCUT2D eigenvalue weighted by molar-refractivity contribution is 7.23. The molecule has 2 aliphatic rings. The van der Waals surface area contributed by atoms with Crippen LogP contribution in [-0.2, 0) is 15.6 Å². The standard InChI is InChI=1S/C34H29N3O4S2/c1-33(2)10-12-37-13-11-34(3,4)28-29(37)23(33)16-19-14-20(32(40)41-30(19)28)15-21(18-35)25-8-9-27(43-25)26-7-6-22(42-26)17-24(36-5)31(38)39/h6-9,14-17H,10-13H2,1-4H3,(H,38,39)/b21-15+,24-17-. The average Bonchev–Trinajstić information content (AvgIpc) is 3.63. The first-order valence-electron chi connectivity index (χ1n) is 14.0. The molecule has 0 unspecified atom stereocenters. The lowest BCUT2D eigenvalue weighted by atomic mass is 9.69. The third-order valence-corrected chi connectivity index (χ3v) is 10.9. The Morgan fingerprint density at radius 1 is 1.07 bits per heavy atom. The first kappa shape index (κ1) is 28.7. The Balaban J connectivity index is 1.41. The highest BCUT2D eigenvalue weighted by atomic mass is 32.1. The van der Waals surface area contributed by atoms with Crippen molar-refractivity contribution in [1.82, 2.24) is 0 Å². The fourth-order valence-electron chi connectivity index (χ4n) is 6.04. The number of hydrogen-bond donors (Lipinski definition) is 1. The Bertz CT molecular complexity index is 2020. The molecule has 9 heteroatoms. The molecule has 0 spiro atoms. The molecule has 43 heavy (non-hydrogen) atoms. The molecule has 0 bridgehead atoms. The molecule has 4 aromatic rings. The van der Waals surface area contributed by atoms with Crippen LogP contribution in [0.2, 0.25) is 0 Å². The van der Waals surface area contributed by atoms with Crippen LogP contribution in [0.4, 0.5) is 5.69 Å². The molecule has 216 valence electrons. The van der Waals surface area contributed by atoms with Crippen molar-refractivity contribution in [1.29, 1.82) is 5.26 Å². The van der Waals surface area contributed by atoms with Gasteiger partial charge in [-0.25, -0.2) is 9.64 Å². The fourth-order valence-corrected chi connectivity index (χ4v) is 8.04. The summed E-state index contributed by atoms with van der Waals surface area (Å²) in [6, 6.07) is 13.6. The topological polar surface area (TPSA) is 98.9 Å². The Morgan fingerprint density at radius 3 is 2.47 bits per heavy atom. The maximum Gasteiger partial charge on any atom is 0.343 e. The number of allylic oxidation sites excluding steroid dienone is 1. The van der Waals surface area contributed by atoms with Gasteiger partial charge >= 0.3 is 11.6 Å². The number of rotatable bonds is 5. The molecular formula is C34H29N3O4S2. The number of hydrogen-bond acceptors (Lipinski definition) is 7. The van der Waals surface area contributed by atoms with Crippen molar-refractivity contribution in [3.05, 3.63) is 90.4 Å². The van der Waals surface area contributed by atoms with Gasteiger partial charge in [-0.05, 0) is 77.8 Å². The summed E-state index contributed by atoms with van der Waals surface area (Å²) in [6.07, 6.45) is 4.98. The number of nitriles is 1. The predicted octanol–water partition coefficient (Wildman–Crippen LogP) is 8.16. The summed E-state index contributed by atoms with van der Waals surface area (Å²) in [5, 5.41) is 20.1. The number of carboxylic acid groups (broad SMARTS) is 1. The van der Waals surface area contributed by atoms with Crippen LogP contribution < -0.4 is 10.5 Å². The van der Waals surface area contributed by atoms with Gasteiger partial charge in [-0.3, -0.25) is 4.79 Å². The van der Waals surface area contributed by atoms with E-state index in [-0.39, 0.29) is 16.5 Å². The van der Waals surface area contributed by atoms with Crippen molar-refractivity contribution in [2.24, 2.45) is 0 Å². The Labute approximate surface area is 257 Å². The first-order chi connectivity index (χ1) is 20.4. The quantitative estimate of drug-likeness (QED) is 0.106. The minimum Gasteiger partial charge on any atom is -0.486 e. The van der Waals surface area contributed by atoms with E-state index in [0.717, 1.165) is 46.6 Å². The second kappa shape index (κ2) is 10.4. The van der Waals surface area contributed by atoms with Crippen molar-refractivity contribution in [3.63, 3.8) is 0 Å². The lowest BCUT2D eigenvalue weighted by Gasteiger charge is -2.48. The van der Waals surface area contributed by atoms with Crippen LogP contribution in [0.1, 0.15) is 67.0 Å². The predicted molar refractivity (Wildman–Crippen MR) is 173 cm³/mol. The van der Waals surface area contributed by atoms with Gasteiger partial charge in [0.15, 0.2) is 0 Å². The number of benzene rings is 1. The zero-order valence-electron chi connectivity index (χ0n) is 24.3. The molecule has 7 nitrogen and oxygen atoms in total. The third kappa shape index (κ3) is 4.99. The van der Waals surface area contributed by atoms with Crippen LogP contribution in [-0.4, -0.2) is 24.2 Å². The highest BCUT2D eigenvalue weighted by Gasteiger charge is 2.41. The average molecular weight is 608 g/mol. The molecule has 0 saturated heterocycles. The molecule has 3 aromatic heterocycles. The SMILES string of the molecule is [C-]#[N+]/C(=C\c1ccc(-c2ccc(/C(C#N)=C/c3cc4cc5c6c(c4oc3=O)C(C)(C)CCN6CCC5(C)C)s2)s1)C(=O)O. The van der Waals surface area contributed by atoms with Crippen molar-refractivity contribution in [2.45, 2.75) is 51.4 Å². The molecule has 6 rings (SSSR count). The number of anilines is 1. The van der Waals surface area contributed by atoms with E-state index >= 15 is 0 Å². The second-order valence-corrected chi connectivity index (χ2v) is 14.5. The minimum absolute atomic E-state index is 0.0118. The normalized spacial score (nSPS) is 17.3. The number of carboxylic acids is 1. The number of aliphatic carboxylic acids is 1. The molecule has 0 radical (unpaired) electrons. The number of thiophene rings is 2. The van der Waals surface area contributed by atoms with Gasteiger partial charge in [0.05, 0.1) is 17.7 Å². The Morgan fingerprint density at radius 2 is 1.77 bits per heavy atom. The molecule has 0 aliphatic carbocycles.